The average Bonchev–Trinajstić information content (AvgIpc) is 2.73. The number of nitrogens with one attached hydrogen (secondary N) is 1. The molecule has 1 aromatic rings. The Kier molecular flexibility index (Phi) is 5.70. The highest BCUT2D eigenvalue weighted by Gasteiger charge is 2.26. The minimum atomic E-state index is -3.60. The monoisotopic (exact) mass is 319 g/mol. The number of rotatable bonds is 7. The molecule has 0 radical (unpaired) electrons. The van der Waals surface area contributed by atoms with Crippen molar-refractivity contribution in [1.29, 1.82) is 0 Å². The van der Waals surface area contributed by atoms with E-state index in [2.05, 4.69) is 5.32 Å². The highest BCUT2D eigenvalue weighted by Crippen LogP contribution is 2.19. The first kappa shape index (κ1) is 16.6. The number of sulfone groups is 1. The molecule has 1 aromatic heterocycles. The molecule has 0 spiro atoms. The predicted molar refractivity (Wildman–Crippen MR) is 76.4 cm³/mol. The van der Waals surface area contributed by atoms with Crippen molar-refractivity contribution in [2.24, 2.45) is 0 Å². The molecule has 0 aliphatic carbocycles. The van der Waals surface area contributed by atoms with Gasteiger partial charge in [0.2, 0.25) is 5.91 Å². The summed E-state index contributed by atoms with van der Waals surface area (Å²) in [6, 6.07) is 2.18. The van der Waals surface area contributed by atoms with E-state index in [9.17, 15) is 18.0 Å². The lowest BCUT2D eigenvalue weighted by atomic mass is 10.3. The van der Waals surface area contributed by atoms with Gasteiger partial charge in [-0.3, -0.25) is 4.79 Å². The number of aliphatic carboxylic acids is 1. The van der Waals surface area contributed by atoms with Crippen molar-refractivity contribution in [1.82, 2.24) is 5.32 Å². The van der Waals surface area contributed by atoms with Gasteiger partial charge in [-0.25, -0.2) is 13.2 Å². The Balaban J connectivity index is 2.77. The first-order chi connectivity index (χ1) is 9.23. The molecule has 112 valence electrons. The molecule has 0 aromatic carbocycles. The summed E-state index contributed by atoms with van der Waals surface area (Å²) in [6.45, 7) is 3.12. The van der Waals surface area contributed by atoms with Crippen LogP contribution in [0.25, 0.3) is 0 Å². The van der Waals surface area contributed by atoms with Crippen molar-refractivity contribution < 1.29 is 23.1 Å². The van der Waals surface area contributed by atoms with Crippen LogP contribution in [0, 0.1) is 0 Å². The van der Waals surface area contributed by atoms with Gasteiger partial charge >= 0.3 is 5.97 Å². The zero-order valence-electron chi connectivity index (χ0n) is 11.3. The van der Waals surface area contributed by atoms with Gasteiger partial charge in [0.05, 0.1) is 11.5 Å². The Morgan fingerprint density at radius 1 is 1.35 bits per heavy atom. The normalized spacial score (nSPS) is 12.9. The standard InChI is InChI=1S/C12H17NO5S2/c1-3-9-4-5-10(19-9)6-20(17,18)7-11(12(15)16)13-8(2)14/h4-5,11H,3,6-7H2,1-2H3,(H,13,14)(H,15,16). The second-order valence-corrected chi connectivity index (χ2v) is 7.73. The summed E-state index contributed by atoms with van der Waals surface area (Å²) in [6.07, 6.45) is 0.828. The zero-order valence-corrected chi connectivity index (χ0v) is 12.9. The highest BCUT2D eigenvalue weighted by atomic mass is 32.2. The van der Waals surface area contributed by atoms with Crippen LogP contribution in [-0.4, -0.2) is 37.2 Å². The van der Waals surface area contributed by atoms with Crippen LogP contribution in [0.15, 0.2) is 12.1 Å². The van der Waals surface area contributed by atoms with Crippen LogP contribution in [0.4, 0.5) is 0 Å². The molecule has 2 N–H and O–H groups in total. The average molecular weight is 319 g/mol. The number of carboxylic acids is 1. The summed E-state index contributed by atoms with van der Waals surface area (Å²) in [7, 11) is -3.60. The largest absolute Gasteiger partial charge is 0.480 e. The maximum atomic E-state index is 12.0. The van der Waals surface area contributed by atoms with Gasteiger partial charge in [-0.2, -0.15) is 0 Å². The lowest BCUT2D eigenvalue weighted by Crippen LogP contribution is -2.44. The van der Waals surface area contributed by atoms with Crippen LogP contribution in [-0.2, 0) is 31.6 Å². The molecule has 0 aliphatic heterocycles. The van der Waals surface area contributed by atoms with Gasteiger partial charge in [0.1, 0.15) is 6.04 Å². The van der Waals surface area contributed by atoms with E-state index in [1.807, 2.05) is 13.0 Å². The molecule has 6 nitrogen and oxygen atoms in total. The number of carbonyl (C=O) groups is 2. The molecule has 8 heteroatoms. The van der Waals surface area contributed by atoms with Crippen molar-refractivity contribution in [3.8, 4) is 0 Å². The third kappa shape index (κ3) is 5.30. The Labute approximate surface area is 121 Å². The van der Waals surface area contributed by atoms with E-state index in [0.717, 1.165) is 18.2 Å². The van der Waals surface area contributed by atoms with Crippen LogP contribution in [0.3, 0.4) is 0 Å². The fourth-order valence-electron chi connectivity index (χ4n) is 1.64. The van der Waals surface area contributed by atoms with E-state index in [4.69, 9.17) is 5.11 Å². The van der Waals surface area contributed by atoms with Gasteiger partial charge in [-0.05, 0) is 18.6 Å². The van der Waals surface area contributed by atoms with E-state index < -0.39 is 33.5 Å². The lowest BCUT2D eigenvalue weighted by molar-refractivity contribution is -0.140. The van der Waals surface area contributed by atoms with Gasteiger partial charge in [0.15, 0.2) is 9.84 Å². The van der Waals surface area contributed by atoms with E-state index in [1.54, 1.807) is 6.07 Å². The summed E-state index contributed by atoms with van der Waals surface area (Å²) in [5.41, 5.74) is 0. The third-order valence-electron chi connectivity index (χ3n) is 2.52. The predicted octanol–water partition coefficient (Wildman–Crippen LogP) is 0.815. The van der Waals surface area contributed by atoms with Gasteiger partial charge in [0.25, 0.3) is 0 Å². The van der Waals surface area contributed by atoms with Gasteiger partial charge in [-0.1, -0.05) is 6.92 Å². The third-order valence-corrected chi connectivity index (χ3v) is 5.53. The molecule has 0 fully saturated rings. The van der Waals surface area contributed by atoms with Crippen LogP contribution in [0.2, 0.25) is 0 Å². The van der Waals surface area contributed by atoms with Crippen LogP contribution in [0.5, 0.6) is 0 Å². The van der Waals surface area contributed by atoms with Crippen LogP contribution >= 0.6 is 11.3 Å². The molecule has 1 heterocycles. The number of hydrogen-bond acceptors (Lipinski definition) is 5. The molecule has 1 unspecified atom stereocenters. The van der Waals surface area contributed by atoms with Crippen molar-refractivity contribution in [3.05, 3.63) is 21.9 Å². The molecule has 1 atom stereocenters. The molecule has 0 saturated carbocycles. The van der Waals surface area contributed by atoms with Crippen molar-refractivity contribution in [2.45, 2.75) is 32.1 Å². The van der Waals surface area contributed by atoms with Crippen molar-refractivity contribution in [2.75, 3.05) is 5.75 Å². The summed E-state index contributed by atoms with van der Waals surface area (Å²) in [4.78, 5) is 23.6. The van der Waals surface area contributed by atoms with Gasteiger partial charge < -0.3 is 10.4 Å². The second kappa shape index (κ2) is 6.85. The molecule has 0 bridgehead atoms. The Bertz CT molecular complexity index is 591. The molecule has 0 saturated heterocycles. The van der Waals surface area contributed by atoms with E-state index in [-0.39, 0.29) is 5.75 Å². The SMILES string of the molecule is CCc1ccc(CS(=O)(=O)CC(NC(C)=O)C(=O)O)s1. The Morgan fingerprint density at radius 2 is 1.95 bits per heavy atom. The van der Waals surface area contributed by atoms with Gasteiger partial charge in [0, 0.05) is 16.7 Å². The zero-order chi connectivity index (χ0) is 15.3. The summed E-state index contributed by atoms with van der Waals surface area (Å²) in [5.74, 6) is -2.75. The van der Waals surface area contributed by atoms with Gasteiger partial charge in [-0.15, -0.1) is 11.3 Å². The Hall–Kier alpha value is -1.41. The van der Waals surface area contributed by atoms with E-state index >= 15 is 0 Å². The molecule has 20 heavy (non-hydrogen) atoms. The topological polar surface area (TPSA) is 101 Å². The molecular weight excluding hydrogens is 302 g/mol. The Morgan fingerprint density at radius 3 is 2.40 bits per heavy atom. The molecular formula is C12H17NO5S2. The minimum Gasteiger partial charge on any atom is -0.480 e. The fourth-order valence-corrected chi connectivity index (χ4v) is 4.55. The fraction of sp³-hybridized carbons (Fsp3) is 0.500. The van der Waals surface area contributed by atoms with Crippen LogP contribution < -0.4 is 5.32 Å². The number of thiophene rings is 1. The molecule has 1 amide bonds. The minimum absolute atomic E-state index is 0.207. The van der Waals surface area contributed by atoms with Crippen LogP contribution in [0.1, 0.15) is 23.6 Å². The molecule has 0 aliphatic rings. The lowest BCUT2D eigenvalue weighted by Gasteiger charge is -2.13. The smallest absolute Gasteiger partial charge is 0.327 e. The number of amides is 1. The molecule has 1 rings (SSSR count). The first-order valence-electron chi connectivity index (χ1n) is 6.01. The quantitative estimate of drug-likeness (QED) is 0.775. The number of aryl methyl sites for hydroxylation is 1. The second-order valence-electron chi connectivity index (χ2n) is 4.37. The summed E-state index contributed by atoms with van der Waals surface area (Å²) >= 11 is 1.40. The maximum absolute atomic E-state index is 12.0. The summed E-state index contributed by atoms with van der Waals surface area (Å²) in [5, 5.41) is 11.0. The van der Waals surface area contributed by atoms with Crippen molar-refractivity contribution >= 4 is 33.1 Å². The first-order valence-corrected chi connectivity index (χ1v) is 8.65. The van der Waals surface area contributed by atoms with Crippen molar-refractivity contribution in [3.63, 3.8) is 0 Å². The van der Waals surface area contributed by atoms with E-state index in [0.29, 0.717) is 4.88 Å². The van der Waals surface area contributed by atoms with E-state index in [1.165, 1.54) is 11.3 Å². The number of carboxylic acid groups (broad SMARTS) is 1. The number of hydrogen-bond donors (Lipinski definition) is 2. The summed E-state index contributed by atoms with van der Waals surface area (Å²) < 4.78 is 24.0. The maximum Gasteiger partial charge on any atom is 0.327 e. The highest BCUT2D eigenvalue weighted by molar-refractivity contribution is 7.90. The number of carbonyl (C=O) groups excluding carboxylic acids is 1.